The summed E-state index contributed by atoms with van der Waals surface area (Å²) < 4.78 is 11.3. The van der Waals surface area contributed by atoms with Crippen molar-refractivity contribution in [2.24, 2.45) is 0 Å². The van der Waals surface area contributed by atoms with Gasteiger partial charge in [-0.2, -0.15) is 5.26 Å². The van der Waals surface area contributed by atoms with Crippen molar-refractivity contribution in [2.75, 3.05) is 12.4 Å². The van der Waals surface area contributed by atoms with Gasteiger partial charge < -0.3 is 14.8 Å². The third-order valence-electron chi connectivity index (χ3n) is 4.73. The lowest BCUT2D eigenvalue weighted by atomic mass is 10.1. The summed E-state index contributed by atoms with van der Waals surface area (Å²) in [6.45, 7) is 2.05. The topological polar surface area (TPSA) is 114 Å². The van der Waals surface area contributed by atoms with Crippen molar-refractivity contribution in [3.05, 3.63) is 99.1 Å². The van der Waals surface area contributed by atoms with Crippen LogP contribution in [0.1, 0.15) is 16.7 Å². The van der Waals surface area contributed by atoms with E-state index in [0.29, 0.717) is 28.3 Å². The Kier molecular flexibility index (Phi) is 7.39. The third-order valence-corrected chi connectivity index (χ3v) is 4.73. The van der Waals surface area contributed by atoms with Crippen molar-refractivity contribution in [1.82, 2.24) is 0 Å². The number of nitrogens with zero attached hydrogens (tertiary/aromatic N) is 2. The molecule has 0 aliphatic rings. The number of ether oxygens (including phenoxy) is 2. The molecule has 0 heterocycles. The Morgan fingerprint density at radius 3 is 2.42 bits per heavy atom. The molecule has 0 atom stereocenters. The first kappa shape index (κ1) is 23.0. The molecule has 0 saturated carbocycles. The number of carbonyl (C=O) groups is 1. The highest BCUT2D eigenvalue weighted by Crippen LogP contribution is 2.33. The zero-order valence-electron chi connectivity index (χ0n) is 18.1. The molecular weight excluding hydrogens is 422 g/mol. The van der Waals surface area contributed by atoms with Gasteiger partial charge in [0.15, 0.2) is 11.5 Å². The molecule has 0 aliphatic heterocycles. The molecule has 3 aromatic rings. The average Bonchev–Trinajstić information content (AvgIpc) is 2.82. The van der Waals surface area contributed by atoms with Crippen LogP contribution in [0.4, 0.5) is 11.4 Å². The Bertz CT molecular complexity index is 1230. The summed E-state index contributed by atoms with van der Waals surface area (Å²) >= 11 is 0. The highest BCUT2D eigenvalue weighted by molar-refractivity contribution is 6.09. The number of carbonyl (C=O) groups excluding carboxylic acids is 1. The summed E-state index contributed by atoms with van der Waals surface area (Å²) in [7, 11) is 1.48. The molecule has 0 aromatic heterocycles. The highest BCUT2D eigenvalue weighted by Gasteiger charge is 2.15. The Hall–Kier alpha value is -4.64. The van der Waals surface area contributed by atoms with Gasteiger partial charge in [-0.1, -0.05) is 29.8 Å². The molecule has 0 saturated heterocycles. The number of nitro benzene ring substituents is 1. The largest absolute Gasteiger partial charge is 0.493 e. The quantitative estimate of drug-likeness (QED) is 0.226. The molecule has 0 unspecified atom stereocenters. The number of amides is 1. The molecule has 3 aromatic carbocycles. The van der Waals surface area contributed by atoms with Crippen LogP contribution in [0.2, 0.25) is 0 Å². The molecule has 0 radical (unpaired) electrons. The van der Waals surface area contributed by atoms with E-state index in [1.165, 1.54) is 25.3 Å². The van der Waals surface area contributed by atoms with Gasteiger partial charge in [0.05, 0.1) is 12.0 Å². The summed E-state index contributed by atoms with van der Waals surface area (Å²) in [5.41, 5.74) is 2.69. The van der Waals surface area contributed by atoms with Crippen LogP contribution < -0.4 is 14.8 Å². The summed E-state index contributed by atoms with van der Waals surface area (Å²) in [4.78, 5) is 23.0. The van der Waals surface area contributed by atoms with Gasteiger partial charge >= 0.3 is 0 Å². The van der Waals surface area contributed by atoms with Crippen molar-refractivity contribution >= 4 is 23.4 Å². The number of rotatable bonds is 8. The van der Waals surface area contributed by atoms with E-state index in [1.807, 2.05) is 25.1 Å². The summed E-state index contributed by atoms with van der Waals surface area (Å²) in [6.07, 6.45) is 1.43. The second-order valence-corrected chi connectivity index (χ2v) is 7.08. The summed E-state index contributed by atoms with van der Waals surface area (Å²) in [5, 5.41) is 23.1. The van der Waals surface area contributed by atoms with Gasteiger partial charge in [-0.05, 0) is 48.9 Å². The maximum atomic E-state index is 12.6. The van der Waals surface area contributed by atoms with Crippen LogP contribution >= 0.6 is 0 Å². The van der Waals surface area contributed by atoms with Crippen molar-refractivity contribution in [2.45, 2.75) is 13.5 Å². The standard InChI is InChI=1S/C25H21N3O5/c1-17-6-10-21(11-7-17)27-25(29)20(15-26)14-19-4-3-5-23(32-2)24(19)33-16-18-8-12-22(13-9-18)28(30)31/h3-14H,16H2,1-2H3,(H,27,29)/b20-14+. The highest BCUT2D eigenvalue weighted by atomic mass is 16.6. The first-order valence-corrected chi connectivity index (χ1v) is 9.94. The van der Waals surface area contributed by atoms with Crippen molar-refractivity contribution in [3.8, 4) is 17.6 Å². The lowest BCUT2D eigenvalue weighted by Crippen LogP contribution is -2.13. The molecule has 0 spiro atoms. The molecule has 0 fully saturated rings. The van der Waals surface area contributed by atoms with E-state index in [2.05, 4.69) is 5.32 Å². The number of hydrogen-bond acceptors (Lipinski definition) is 6. The van der Waals surface area contributed by atoms with Gasteiger partial charge in [-0.15, -0.1) is 0 Å². The molecule has 1 N–H and O–H groups in total. The number of anilines is 1. The van der Waals surface area contributed by atoms with Crippen molar-refractivity contribution in [1.29, 1.82) is 5.26 Å². The van der Waals surface area contributed by atoms with Crippen LogP contribution in [0.5, 0.6) is 11.5 Å². The number of aryl methyl sites for hydroxylation is 1. The number of para-hydroxylation sites is 1. The zero-order valence-corrected chi connectivity index (χ0v) is 18.1. The Labute approximate surface area is 190 Å². The first-order valence-electron chi connectivity index (χ1n) is 9.94. The van der Waals surface area contributed by atoms with Crippen LogP contribution in [0.15, 0.2) is 72.3 Å². The van der Waals surface area contributed by atoms with E-state index < -0.39 is 10.8 Å². The van der Waals surface area contributed by atoms with Gasteiger partial charge in [-0.25, -0.2) is 0 Å². The fourth-order valence-corrected chi connectivity index (χ4v) is 2.97. The van der Waals surface area contributed by atoms with E-state index in [4.69, 9.17) is 9.47 Å². The van der Waals surface area contributed by atoms with Gasteiger partial charge in [0.2, 0.25) is 0 Å². The molecule has 0 bridgehead atoms. The molecule has 3 rings (SSSR count). The smallest absolute Gasteiger partial charge is 0.269 e. The monoisotopic (exact) mass is 443 g/mol. The minimum atomic E-state index is -0.550. The van der Waals surface area contributed by atoms with Crippen LogP contribution in [0.25, 0.3) is 6.08 Å². The number of methoxy groups -OCH3 is 1. The lowest BCUT2D eigenvalue weighted by Gasteiger charge is -2.14. The fourth-order valence-electron chi connectivity index (χ4n) is 2.97. The molecule has 8 heteroatoms. The Morgan fingerprint density at radius 1 is 1.12 bits per heavy atom. The van der Waals surface area contributed by atoms with E-state index in [9.17, 15) is 20.2 Å². The van der Waals surface area contributed by atoms with Gasteiger partial charge in [0.25, 0.3) is 11.6 Å². The van der Waals surface area contributed by atoms with Crippen LogP contribution in [0, 0.1) is 28.4 Å². The lowest BCUT2D eigenvalue weighted by molar-refractivity contribution is -0.384. The number of benzene rings is 3. The second kappa shape index (κ2) is 10.6. The molecule has 33 heavy (non-hydrogen) atoms. The van der Waals surface area contributed by atoms with E-state index in [0.717, 1.165) is 5.56 Å². The number of nitriles is 1. The Morgan fingerprint density at radius 2 is 1.82 bits per heavy atom. The molecule has 166 valence electrons. The maximum absolute atomic E-state index is 12.6. The zero-order chi connectivity index (χ0) is 23.8. The molecule has 0 aliphatic carbocycles. The average molecular weight is 443 g/mol. The maximum Gasteiger partial charge on any atom is 0.269 e. The predicted octanol–water partition coefficient (Wildman–Crippen LogP) is 5.04. The summed E-state index contributed by atoms with van der Waals surface area (Å²) in [5.74, 6) is 0.210. The minimum absolute atomic E-state index is 0.0158. The molecule has 1 amide bonds. The van der Waals surface area contributed by atoms with E-state index in [1.54, 1.807) is 42.5 Å². The van der Waals surface area contributed by atoms with Crippen LogP contribution in [0.3, 0.4) is 0 Å². The van der Waals surface area contributed by atoms with Crippen molar-refractivity contribution in [3.63, 3.8) is 0 Å². The first-order chi connectivity index (χ1) is 15.9. The van der Waals surface area contributed by atoms with Crippen molar-refractivity contribution < 1.29 is 19.2 Å². The van der Waals surface area contributed by atoms with E-state index in [-0.39, 0.29) is 17.9 Å². The number of non-ortho nitro benzene ring substituents is 1. The molecular formula is C25H21N3O5. The number of hydrogen-bond donors (Lipinski definition) is 1. The summed E-state index contributed by atoms with van der Waals surface area (Å²) in [6, 6.07) is 20.2. The second-order valence-electron chi connectivity index (χ2n) is 7.08. The number of nitrogens with one attached hydrogen (secondary N) is 1. The normalized spacial score (nSPS) is 10.8. The van der Waals surface area contributed by atoms with Crippen LogP contribution in [-0.4, -0.2) is 17.9 Å². The molecule has 8 nitrogen and oxygen atoms in total. The predicted molar refractivity (Wildman–Crippen MR) is 124 cm³/mol. The van der Waals surface area contributed by atoms with E-state index >= 15 is 0 Å². The van der Waals surface area contributed by atoms with Gasteiger partial charge in [0, 0.05) is 23.4 Å². The number of nitro groups is 1. The van der Waals surface area contributed by atoms with Gasteiger partial charge in [-0.3, -0.25) is 14.9 Å². The third kappa shape index (κ3) is 5.95. The Balaban J connectivity index is 1.84. The van der Waals surface area contributed by atoms with Crippen LogP contribution in [-0.2, 0) is 11.4 Å². The van der Waals surface area contributed by atoms with Gasteiger partial charge in [0.1, 0.15) is 18.2 Å². The minimum Gasteiger partial charge on any atom is -0.493 e. The SMILES string of the molecule is COc1cccc(/C=C(\C#N)C(=O)Nc2ccc(C)cc2)c1OCc1ccc([N+](=O)[O-])cc1. The fraction of sp³-hybridized carbons (Fsp3) is 0.120.